The summed E-state index contributed by atoms with van der Waals surface area (Å²) in [6.07, 6.45) is 2.77. The van der Waals surface area contributed by atoms with Gasteiger partial charge in [0.05, 0.1) is 0 Å². The van der Waals surface area contributed by atoms with E-state index in [1.54, 1.807) is 0 Å². The van der Waals surface area contributed by atoms with Crippen molar-refractivity contribution in [2.24, 2.45) is 0 Å². The molecule has 2 fully saturated rings. The van der Waals surface area contributed by atoms with Gasteiger partial charge in [-0.05, 0) is 39.5 Å². The van der Waals surface area contributed by atoms with Crippen molar-refractivity contribution in [3.63, 3.8) is 0 Å². The van der Waals surface area contributed by atoms with Gasteiger partial charge in [0.15, 0.2) is 0 Å². The van der Waals surface area contributed by atoms with Crippen LogP contribution in [0.2, 0.25) is 0 Å². The third-order valence-electron chi connectivity index (χ3n) is 4.06. The number of likely N-dealkylation sites (tertiary alicyclic amines) is 1. The molecule has 2 saturated heterocycles. The highest BCUT2D eigenvalue weighted by Crippen LogP contribution is 2.17. The highest BCUT2D eigenvalue weighted by molar-refractivity contribution is 4.82. The first-order chi connectivity index (χ1) is 7.29. The van der Waals surface area contributed by atoms with Crippen molar-refractivity contribution in [1.82, 2.24) is 14.7 Å². The Morgan fingerprint density at radius 3 is 2.07 bits per heavy atom. The fourth-order valence-corrected chi connectivity index (χ4v) is 2.79. The minimum absolute atomic E-state index is 0.876. The number of likely N-dealkylation sites (N-methyl/N-ethyl adjacent to an activating group) is 1. The topological polar surface area (TPSA) is 9.72 Å². The molecule has 0 bridgehead atoms. The van der Waals surface area contributed by atoms with E-state index in [4.69, 9.17) is 0 Å². The lowest BCUT2D eigenvalue weighted by Crippen LogP contribution is -2.52. The molecule has 0 spiro atoms. The Balaban J connectivity index is 1.75. The summed E-state index contributed by atoms with van der Waals surface area (Å²) in [4.78, 5) is 7.73. The maximum absolute atomic E-state index is 2.72. The summed E-state index contributed by atoms with van der Waals surface area (Å²) < 4.78 is 0. The second-order valence-corrected chi connectivity index (χ2v) is 5.00. The zero-order valence-corrected chi connectivity index (χ0v) is 10.3. The van der Waals surface area contributed by atoms with Crippen LogP contribution in [0, 0.1) is 0 Å². The lowest BCUT2D eigenvalue weighted by atomic mass is 10.0. The number of nitrogens with zero attached hydrogens (tertiary/aromatic N) is 3. The van der Waals surface area contributed by atoms with Crippen LogP contribution < -0.4 is 0 Å². The third-order valence-corrected chi connectivity index (χ3v) is 4.06. The molecular weight excluding hydrogens is 186 g/mol. The first-order valence-corrected chi connectivity index (χ1v) is 6.44. The molecule has 0 amide bonds. The number of piperidine rings is 1. The molecule has 0 N–H and O–H groups in total. The van der Waals surface area contributed by atoms with Gasteiger partial charge in [-0.15, -0.1) is 0 Å². The van der Waals surface area contributed by atoms with Crippen molar-refractivity contribution >= 4 is 0 Å². The summed E-state index contributed by atoms with van der Waals surface area (Å²) in [6, 6.07) is 0.876. The smallest absolute Gasteiger partial charge is 0.0121 e. The fraction of sp³-hybridized carbons (Fsp3) is 1.00. The molecule has 2 aliphatic rings. The molecule has 2 aliphatic heterocycles. The van der Waals surface area contributed by atoms with E-state index in [2.05, 4.69) is 28.7 Å². The van der Waals surface area contributed by atoms with Gasteiger partial charge in [0, 0.05) is 32.2 Å². The molecule has 3 nitrogen and oxygen atoms in total. The van der Waals surface area contributed by atoms with Crippen LogP contribution in [0.1, 0.15) is 19.8 Å². The van der Waals surface area contributed by atoms with Crippen LogP contribution >= 0.6 is 0 Å². The molecular formula is C12H25N3. The van der Waals surface area contributed by atoms with E-state index in [9.17, 15) is 0 Å². The SMILES string of the molecule is CCN1CCC(N2CCN(C)CC2)CC1. The van der Waals surface area contributed by atoms with E-state index in [1.807, 2.05) is 0 Å². The van der Waals surface area contributed by atoms with Crippen molar-refractivity contribution in [1.29, 1.82) is 0 Å². The molecule has 2 rings (SSSR count). The summed E-state index contributed by atoms with van der Waals surface area (Å²) in [5, 5.41) is 0. The van der Waals surface area contributed by atoms with Gasteiger partial charge in [-0.25, -0.2) is 0 Å². The largest absolute Gasteiger partial charge is 0.304 e. The van der Waals surface area contributed by atoms with Crippen molar-refractivity contribution in [3.05, 3.63) is 0 Å². The van der Waals surface area contributed by atoms with Crippen LogP contribution in [-0.4, -0.2) is 73.6 Å². The normalized spacial score (nSPS) is 28.4. The molecule has 88 valence electrons. The quantitative estimate of drug-likeness (QED) is 0.666. The van der Waals surface area contributed by atoms with Crippen LogP contribution in [0.5, 0.6) is 0 Å². The third kappa shape index (κ3) is 2.92. The van der Waals surface area contributed by atoms with E-state index in [0.717, 1.165) is 6.04 Å². The highest BCUT2D eigenvalue weighted by Gasteiger charge is 2.25. The lowest BCUT2D eigenvalue weighted by molar-refractivity contribution is 0.0693. The Bertz CT molecular complexity index is 179. The average Bonchev–Trinajstić information content (AvgIpc) is 2.30. The Morgan fingerprint density at radius 1 is 0.933 bits per heavy atom. The minimum Gasteiger partial charge on any atom is -0.304 e. The number of rotatable bonds is 2. The Kier molecular flexibility index (Phi) is 4.00. The van der Waals surface area contributed by atoms with E-state index < -0.39 is 0 Å². The zero-order valence-electron chi connectivity index (χ0n) is 10.3. The first kappa shape index (κ1) is 11.4. The van der Waals surface area contributed by atoms with Gasteiger partial charge in [0.25, 0.3) is 0 Å². The minimum atomic E-state index is 0.876. The van der Waals surface area contributed by atoms with Crippen LogP contribution in [0.15, 0.2) is 0 Å². The summed E-state index contributed by atoms with van der Waals surface area (Å²) in [7, 11) is 2.23. The van der Waals surface area contributed by atoms with Gasteiger partial charge in [-0.1, -0.05) is 6.92 Å². The van der Waals surface area contributed by atoms with Crippen LogP contribution in [0.25, 0.3) is 0 Å². The van der Waals surface area contributed by atoms with Gasteiger partial charge < -0.3 is 9.80 Å². The van der Waals surface area contributed by atoms with Crippen molar-refractivity contribution < 1.29 is 0 Å². The monoisotopic (exact) mass is 211 g/mol. The summed E-state index contributed by atoms with van der Waals surface area (Å²) in [5.41, 5.74) is 0. The zero-order chi connectivity index (χ0) is 10.7. The Labute approximate surface area is 94.0 Å². The molecule has 0 aromatic carbocycles. The Hall–Kier alpha value is -0.120. The van der Waals surface area contributed by atoms with Gasteiger partial charge in [-0.2, -0.15) is 0 Å². The predicted octanol–water partition coefficient (Wildman–Crippen LogP) is 0.718. The van der Waals surface area contributed by atoms with E-state index >= 15 is 0 Å². The van der Waals surface area contributed by atoms with Crippen molar-refractivity contribution in [2.45, 2.75) is 25.8 Å². The van der Waals surface area contributed by atoms with Gasteiger partial charge in [0.1, 0.15) is 0 Å². The second kappa shape index (κ2) is 5.28. The fourth-order valence-electron chi connectivity index (χ4n) is 2.79. The molecule has 0 aromatic rings. The van der Waals surface area contributed by atoms with Crippen LogP contribution in [-0.2, 0) is 0 Å². The molecule has 0 aromatic heterocycles. The number of hydrogen-bond donors (Lipinski definition) is 0. The first-order valence-electron chi connectivity index (χ1n) is 6.44. The molecule has 2 heterocycles. The number of hydrogen-bond acceptors (Lipinski definition) is 3. The number of piperazine rings is 1. The molecule has 0 unspecified atom stereocenters. The van der Waals surface area contributed by atoms with E-state index in [0.29, 0.717) is 0 Å². The highest BCUT2D eigenvalue weighted by atomic mass is 15.3. The molecule has 0 atom stereocenters. The van der Waals surface area contributed by atoms with E-state index in [-0.39, 0.29) is 0 Å². The summed E-state index contributed by atoms with van der Waals surface area (Å²) in [5.74, 6) is 0. The predicted molar refractivity (Wildman–Crippen MR) is 64.2 cm³/mol. The molecule has 0 radical (unpaired) electrons. The maximum Gasteiger partial charge on any atom is 0.0121 e. The second-order valence-electron chi connectivity index (χ2n) is 5.00. The van der Waals surface area contributed by atoms with E-state index in [1.165, 1.54) is 58.7 Å². The summed E-state index contributed by atoms with van der Waals surface area (Å²) >= 11 is 0. The van der Waals surface area contributed by atoms with Crippen LogP contribution in [0.3, 0.4) is 0 Å². The van der Waals surface area contributed by atoms with Gasteiger partial charge in [0.2, 0.25) is 0 Å². The molecule has 3 heteroatoms. The molecule has 0 aliphatic carbocycles. The maximum atomic E-state index is 2.72. The van der Waals surface area contributed by atoms with Gasteiger partial charge >= 0.3 is 0 Å². The summed E-state index contributed by atoms with van der Waals surface area (Å²) in [6.45, 7) is 11.2. The average molecular weight is 211 g/mol. The molecule has 0 saturated carbocycles. The standard InChI is InChI=1S/C12H25N3/c1-3-14-6-4-12(5-7-14)15-10-8-13(2)9-11-15/h12H,3-11H2,1-2H3. The lowest BCUT2D eigenvalue weighted by Gasteiger charge is -2.41. The molecule has 15 heavy (non-hydrogen) atoms. The van der Waals surface area contributed by atoms with Crippen LogP contribution in [0.4, 0.5) is 0 Å². The van der Waals surface area contributed by atoms with Gasteiger partial charge in [-0.3, -0.25) is 4.90 Å². The van der Waals surface area contributed by atoms with Crippen molar-refractivity contribution in [2.75, 3.05) is 52.9 Å². The Morgan fingerprint density at radius 2 is 1.53 bits per heavy atom. The van der Waals surface area contributed by atoms with Crippen molar-refractivity contribution in [3.8, 4) is 0 Å².